The fourth-order valence-corrected chi connectivity index (χ4v) is 5.97. The van der Waals surface area contributed by atoms with Crippen molar-refractivity contribution in [2.45, 2.75) is 36.6 Å². The number of nitrogens with zero attached hydrogens (tertiary/aromatic N) is 1. The normalized spacial score (nSPS) is 16.7. The Balaban J connectivity index is 1.36. The fourth-order valence-electron chi connectivity index (χ4n) is 4.45. The maximum Gasteiger partial charge on any atom is 0.251 e. The molecule has 4 rings (SSSR count). The van der Waals surface area contributed by atoms with Crippen molar-refractivity contribution >= 4 is 32.6 Å². The van der Waals surface area contributed by atoms with Crippen LogP contribution in [0.4, 0.5) is 0 Å². The van der Waals surface area contributed by atoms with Gasteiger partial charge < -0.3 is 10.6 Å². The van der Waals surface area contributed by atoms with E-state index in [1.807, 2.05) is 12.1 Å². The topological polar surface area (TPSA) is 95.6 Å². The minimum atomic E-state index is -3.75. The van der Waals surface area contributed by atoms with Gasteiger partial charge in [0.2, 0.25) is 15.9 Å². The average molecular weight is 506 g/mol. The van der Waals surface area contributed by atoms with E-state index in [1.54, 1.807) is 0 Å². The molecule has 0 saturated carbocycles. The molecule has 0 aromatic heterocycles. The minimum Gasteiger partial charge on any atom is -0.352 e. The zero-order valence-corrected chi connectivity index (χ0v) is 21.0. The Hall–Kier alpha value is -3.49. The first kappa shape index (κ1) is 25.6. The van der Waals surface area contributed by atoms with Crippen LogP contribution in [0.1, 0.15) is 35.2 Å². The molecule has 0 spiro atoms. The van der Waals surface area contributed by atoms with Crippen molar-refractivity contribution in [2.24, 2.45) is 0 Å². The lowest BCUT2D eigenvalue weighted by atomic mass is 10.1. The molecule has 1 heterocycles. The third kappa shape index (κ3) is 6.19. The fraction of sp³-hybridized carbons (Fsp3) is 0.286. The van der Waals surface area contributed by atoms with Crippen molar-refractivity contribution in [3.05, 3.63) is 90.5 Å². The van der Waals surface area contributed by atoms with E-state index in [4.69, 9.17) is 0 Å². The molecule has 1 aliphatic rings. The average Bonchev–Trinajstić information content (AvgIpc) is 3.14. The number of rotatable bonds is 8. The summed E-state index contributed by atoms with van der Waals surface area (Å²) in [5.41, 5.74) is 1.54. The van der Waals surface area contributed by atoms with E-state index in [9.17, 15) is 18.0 Å². The second-order valence-corrected chi connectivity index (χ2v) is 10.9. The zero-order chi connectivity index (χ0) is 25.5. The largest absolute Gasteiger partial charge is 0.352 e. The van der Waals surface area contributed by atoms with Crippen LogP contribution in [0.3, 0.4) is 0 Å². The van der Waals surface area contributed by atoms with Crippen LogP contribution in [0.5, 0.6) is 0 Å². The molecule has 2 N–H and O–H groups in total. The summed E-state index contributed by atoms with van der Waals surface area (Å²) in [5.74, 6) is -0.558. The van der Waals surface area contributed by atoms with E-state index in [1.165, 1.54) is 40.0 Å². The van der Waals surface area contributed by atoms with Gasteiger partial charge in [-0.2, -0.15) is 4.31 Å². The lowest BCUT2D eigenvalue weighted by Crippen LogP contribution is -2.44. The molecule has 2 amide bonds. The molecule has 3 aromatic carbocycles. The van der Waals surface area contributed by atoms with Crippen LogP contribution >= 0.6 is 0 Å². The van der Waals surface area contributed by atoms with E-state index in [0.29, 0.717) is 31.5 Å². The van der Waals surface area contributed by atoms with E-state index in [-0.39, 0.29) is 29.3 Å². The van der Waals surface area contributed by atoms with E-state index in [0.717, 1.165) is 23.8 Å². The van der Waals surface area contributed by atoms with Crippen LogP contribution in [-0.4, -0.2) is 50.2 Å². The van der Waals surface area contributed by atoms with E-state index >= 15 is 0 Å². The molecule has 0 radical (unpaired) electrons. The number of hydrogen-bond donors (Lipinski definition) is 2. The highest BCUT2D eigenvalue weighted by molar-refractivity contribution is 7.89. The highest BCUT2D eigenvalue weighted by atomic mass is 32.2. The van der Waals surface area contributed by atoms with Crippen LogP contribution < -0.4 is 10.6 Å². The molecule has 3 aromatic rings. The second-order valence-electron chi connectivity index (χ2n) is 8.98. The van der Waals surface area contributed by atoms with Crippen LogP contribution in [0.15, 0.2) is 84.3 Å². The first-order valence-corrected chi connectivity index (χ1v) is 13.6. The molecule has 7 nitrogen and oxygen atoms in total. The lowest BCUT2D eigenvalue weighted by Gasteiger charge is -2.24. The van der Waals surface area contributed by atoms with Gasteiger partial charge in [0.25, 0.3) is 5.91 Å². The third-order valence-electron chi connectivity index (χ3n) is 6.43. The highest BCUT2D eigenvalue weighted by Gasteiger charge is 2.29. The highest BCUT2D eigenvalue weighted by Crippen LogP contribution is 2.21. The van der Waals surface area contributed by atoms with Crippen molar-refractivity contribution in [1.29, 1.82) is 0 Å². The van der Waals surface area contributed by atoms with Crippen molar-refractivity contribution in [2.75, 3.05) is 19.6 Å². The van der Waals surface area contributed by atoms with Gasteiger partial charge in [0.05, 0.1) is 4.90 Å². The zero-order valence-electron chi connectivity index (χ0n) is 20.2. The molecular formula is C28H31N3O4S. The maximum atomic E-state index is 13.2. The molecular weight excluding hydrogens is 474 g/mol. The Morgan fingerprint density at radius 3 is 2.50 bits per heavy atom. The smallest absolute Gasteiger partial charge is 0.251 e. The number of benzene rings is 3. The van der Waals surface area contributed by atoms with Gasteiger partial charge in [-0.05, 0) is 65.9 Å². The summed E-state index contributed by atoms with van der Waals surface area (Å²) in [6.07, 6.45) is 4.14. The first-order valence-electron chi connectivity index (χ1n) is 12.2. The summed E-state index contributed by atoms with van der Waals surface area (Å²) in [6, 6.07) is 20.1. The summed E-state index contributed by atoms with van der Waals surface area (Å²) >= 11 is 0. The molecule has 36 heavy (non-hydrogen) atoms. The van der Waals surface area contributed by atoms with Gasteiger partial charge in [-0.1, -0.05) is 55.5 Å². The van der Waals surface area contributed by atoms with Gasteiger partial charge >= 0.3 is 0 Å². The van der Waals surface area contributed by atoms with Crippen molar-refractivity contribution < 1.29 is 18.0 Å². The Kier molecular flexibility index (Phi) is 8.18. The van der Waals surface area contributed by atoms with Gasteiger partial charge in [0.15, 0.2) is 0 Å². The Bertz CT molecular complexity index is 1350. The molecule has 1 saturated heterocycles. The number of carbonyl (C=O) groups is 2. The number of amides is 2. The van der Waals surface area contributed by atoms with Crippen molar-refractivity contribution in [1.82, 2.24) is 14.9 Å². The number of carbonyl (C=O) groups excluding carboxylic acids is 2. The number of sulfonamides is 1. The SMILES string of the molecule is C=CC(=O)NC1CCCCN(S(=O)(=O)c2ccc(C(=O)NCCc3ccc4ccccc4c3)cc2)C1. The maximum absolute atomic E-state index is 13.2. The summed E-state index contributed by atoms with van der Waals surface area (Å²) in [6.45, 7) is 4.53. The van der Waals surface area contributed by atoms with E-state index in [2.05, 4.69) is 47.5 Å². The summed E-state index contributed by atoms with van der Waals surface area (Å²) in [7, 11) is -3.75. The number of nitrogens with one attached hydrogen (secondary N) is 2. The van der Waals surface area contributed by atoms with Crippen molar-refractivity contribution in [3.8, 4) is 0 Å². The molecule has 1 atom stereocenters. The monoisotopic (exact) mass is 505 g/mol. The summed E-state index contributed by atoms with van der Waals surface area (Å²) in [4.78, 5) is 24.4. The molecule has 188 valence electrons. The Morgan fingerprint density at radius 1 is 1.00 bits per heavy atom. The minimum absolute atomic E-state index is 0.130. The van der Waals surface area contributed by atoms with Crippen LogP contribution in [0.25, 0.3) is 10.8 Å². The summed E-state index contributed by atoms with van der Waals surface area (Å²) < 4.78 is 27.9. The van der Waals surface area contributed by atoms with Gasteiger partial charge in [0.1, 0.15) is 0 Å². The van der Waals surface area contributed by atoms with Crippen molar-refractivity contribution in [3.63, 3.8) is 0 Å². The Labute approximate surface area is 212 Å². The molecule has 1 fully saturated rings. The predicted molar refractivity (Wildman–Crippen MR) is 141 cm³/mol. The van der Waals surface area contributed by atoms with Crippen LogP contribution in [-0.2, 0) is 21.2 Å². The van der Waals surface area contributed by atoms with E-state index < -0.39 is 10.0 Å². The van der Waals surface area contributed by atoms with Gasteiger partial charge in [-0.3, -0.25) is 9.59 Å². The van der Waals surface area contributed by atoms with Gasteiger partial charge in [-0.25, -0.2) is 8.42 Å². The molecule has 1 aliphatic heterocycles. The van der Waals surface area contributed by atoms with Gasteiger partial charge in [-0.15, -0.1) is 0 Å². The lowest BCUT2D eigenvalue weighted by molar-refractivity contribution is -0.117. The predicted octanol–water partition coefficient (Wildman–Crippen LogP) is 3.66. The summed E-state index contributed by atoms with van der Waals surface area (Å²) in [5, 5.41) is 8.06. The number of fused-ring (bicyclic) bond motifs is 1. The van der Waals surface area contributed by atoms with Crippen LogP contribution in [0.2, 0.25) is 0 Å². The molecule has 8 heteroatoms. The molecule has 0 bridgehead atoms. The standard InChI is InChI=1S/C28H31N3O4S/c1-2-27(32)30-25-9-5-6-18-31(20-25)36(34,35)26-14-12-23(13-15-26)28(33)29-17-16-21-10-11-22-7-3-4-8-24(22)19-21/h2-4,7-8,10-15,19,25H,1,5-6,9,16-18,20H2,(H,29,33)(H,30,32). The molecule has 0 aliphatic carbocycles. The third-order valence-corrected chi connectivity index (χ3v) is 8.31. The molecule has 1 unspecified atom stereocenters. The number of hydrogen-bond acceptors (Lipinski definition) is 4. The first-order chi connectivity index (χ1) is 17.4. The Morgan fingerprint density at radius 2 is 1.75 bits per heavy atom. The second kappa shape index (κ2) is 11.5. The van der Waals surface area contributed by atoms with Gasteiger partial charge in [0, 0.05) is 31.2 Å². The quantitative estimate of drug-likeness (QED) is 0.457. The van der Waals surface area contributed by atoms with Crippen LogP contribution in [0, 0.1) is 0 Å².